The number of methoxy groups -OCH3 is 1. The van der Waals surface area contributed by atoms with Crippen LogP contribution < -0.4 is 0 Å². The fourth-order valence-electron chi connectivity index (χ4n) is 4.91. The Bertz CT molecular complexity index is 1530. The zero-order valence-electron chi connectivity index (χ0n) is 19.6. The molecule has 1 aliphatic heterocycles. The first kappa shape index (κ1) is 23.7. The summed E-state index contributed by atoms with van der Waals surface area (Å²) in [6.07, 6.45) is 5.53. The number of fused-ring (bicyclic) bond motifs is 3. The normalized spacial score (nSPS) is 16.7. The van der Waals surface area contributed by atoms with Crippen molar-refractivity contribution in [2.24, 2.45) is 5.41 Å². The molecule has 8 nitrogen and oxygen atoms in total. The molecular formula is C27H24N2O6S. The number of aromatic nitrogens is 1. The van der Waals surface area contributed by atoms with E-state index in [9.17, 15) is 22.8 Å². The molecule has 0 atom stereocenters. The zero-order chi connectivity index (χ0) is 25.5. The van der Waals surface area contributed by atoms with Gasteiger partial charge in [0.1, 0.15) is 5.41 Å². The van der Waals surface area contributed by atoms with Crippen LogP contribution in [0.2, 0.25) is 0 Å². The molecule has 0 unspecified atom stereocenters. The molecule has 184 valence electrons. The predicted octanol–water partition coefficient (Wildman–Crippen LogP) is 3.01. The van der Waals surface area contributed by atoms with Crippen LogP contribution in [0.1, 0.15) is 17.7 Å². The van der Waals surface area contributed by atoms with Gasteiger partial charge in [0, 0.05) is 11.9 Å². The lowest BCUT2D eigenvalue weighted by molar-refractivity contribution is -0.151. The Labute approximate surface area is 208 Å². The molecule has 0 radical (unpaired) electrons. The van der Waals surface area contributed by atoms with Crippen molar-refractivity contribution in [3.05, 3.63) is 90.2 Å². The van der Waals surface area contributed by atoms with Gasteiger partial charge < -0.3 is 9.64 Å². The number of allylic oxidation sites excluding steroid dienone is 2. The highest BCUT2D eigenvalue weighted by molar-refractivity contribution is 7.90. The van der Waals surface area contributed by atoms with E-state index < -0.39 is 21.4 Å². The van der Waals surface area contributed by atoms with Crippen molar-refractivity contribution < 1.29 is 27.5 Å². The van der Waals surface area contributed by atoms with Crippen LogP contribution in [0.5, 0.6) is 0 Å². The lowest BCUT2D eigenvalue weighted by Gasteiger charge is -2.32. The summed E-state index contributed by atoms with van der Waals surface area (Å²) in [4.78, 5) is 39.4. The van der Waals surface area contributed by atoms with Gasteiger partial charge in [0.2, 0.25) is 5.91 Å². The number of ether oxygens (including phenoxy) is 1. The van der Waals surface area contributed by atoms with Crippen LogP contribution in [0.4, 0.5) is 0 Å². The van der Waals surface area contributed by atoms with E-state index in [4.69, 9.17) is 4.74 Å². The van der Waals surface area contributed by atoms with E-state index in [-0.39, 0.29) is 29.6 Å². The zero-order valence-corrected chi connectivity index (χ0v) is 20.4. The molecule has 1 aliphatic carbocycles. The van der Waals surface area contributed by atoms with Crippen LogP contribution in [0.25, 0.3) is 10.9 Å². The van der Waals surface area contributed by atoms with E-state index in [0.717, 1.165) is 10.9 Å². The number of nitrogens with zero attached hydrogens (tertiary/aromatic N) is 2. The summed E-state index contributed by atoms with van der Waals surface area (Å²) in [7, 11) is -2.70. The maximum absolute atomic E-state index is 13.7. The van der Waals surface area contributed by atoms with E-state index >= 15 is 0 Å². The van der Waals surface area contributed by atoms with Crippen molar-refractivity contribution in [1.29, 1.82) is 0 Å². The van der Waals surface area contributed by atoms with Gasteiger partial charge in [-0.3, -0.25) is 14.4 Å². The molecular weight excluding hydrogens is 480 g/mol. The molecule has 0 N–H and O–H groups in total. The lowest BCUT2D eigenvalue weighted by Crippen LogP contribution is -2.42. The molecule has 0 saturated carbocycles. The largest absolute Gasteiger partial charge is 0.468 e. The van der Waals surface area contributed by atoms with Gasteiger partial charge in [0.05, 0.1) is 36.2 Å². The van der Waals surface area contributed by atoms with Crippen LogP contribution in [-0.4, -0.2) is 48.6 Å². The molecule has 0 spiro atoms. The van der Waals surface area contributed by atoms with Crippen LogP contribution in [0.15, 0.2) is 83.8 Å². The number of esters is 1. The Balaban J connectivity index is 1.54. The van der Waals surface area contributed by atoms with Gasteiger partial charge in [0.15, 0.2) is 5.78 Å². The third-order valence-electron chi connectivity index (χ3n) is 6.75. The number of carbonyl (C=O) groups excluding carboxylic acids is 3. The Morgan fingerprint density at radius 1 is 1.00 bits per heavy atom. The quantitative estimate of drug-likeness (QED) is 0.495. The number of amides is 1. The first-order valence-electron chi connectivity index (χ1n) is 11.5. The average molecular weight is 505 g/mol. The first-order chi connectivity index (χ1) is 17.3. The second-order valence-electron chi connectivity index (χ2n) is 8.87. The Kier molecular flexibility index (Phi) is 5.88. The molecule has 9 heteroatoms. The first-order valence-corrected chi connectivity index (χ1v) is 12.9. The third-order valence-corrected chi connectivity index (χ3v) is 8.51. The minimum Gasteiger partial charge on any atom is -0.468 e. The SMILES string of the molecule is COC(=O)C1(CC(=O)N2CCc3c(n(S(=O)(=O)c4ccccc4)c4ccccc34)C2)C=CC(=O)C=C1. The second-order valence-corrected chi connectivity index (χ2v) is 10.7. The van der Waals surface area contributed by atoms with Crippen LogP contribution >= 0.6 is 0 Å². The number of hydrogen-bond donors (Lipinski definition) is 0. The number of rotatable bonds is 5. The highest BCUT2D eigenvalue weighted by Crippen LogP contribution is 2.36. The highest BCUT2D eigenvalue weighted by atomic mass is 32.2. The van der Waals surface area contributed by atoms with E-state index in [1.54, 1.807) is 47.4 Å². The molecule has 1 aromatic heterocycles. The molecule has 36 heavy (non-hydrogen) atoms. The van der Waals surface area contributed by atoms with Crippen LogP contribution in [0.3, 0.4) is 0 Å². The van der Waals surface area contributed by atoms with Gasteiger partial charge in [-0.05, 0) is 42.3 Å². The van der Waals surface area contributed by atoms with Crippen molar-refractivity contribution in [3.8, 4) is 0 Å². The maximum Gasteiger partial charge on any atom is 0.320 e. The molecule has 0 bridgehead atoms. The van der Waals surface area contributed by atoms with Gasteiger partial charge in [-0.1, -0.05) is 48.6 Å². The molecule has 0 saturated heterocycles. The summed E-state index contributed by atoms with van der Waals surface area (Å²) in [5, 5.41) is 0.835. The topological polar surface area (TPSA) is 103 Å². The fraction of sp³-hybridized carbons (Fsp3) is 0.222. The fourth-order valence-corrected chi connectivity index (χ4v) is 6.50. The third kappa shape index (κ3) is 3.85. The number of benzene rings is 2. The van der Waals surface area contributed by atoms with Gasteiger partial charge in [-0.25, -0.2) is 12.4 Å². The molecule has 2 aliphatic rings. The molecule has 2 aromatic carbocycles. The second kappa shape index (κ2) is 8.91. The average Bonchev–Trinajstić information content (AvgIpc) is 3.24. The summed E-state index contributed by atoms with van der Waals surface area (Å²) >= 11 is 0. The van der Waals surface area contributed by atoms with Crippen molar-refractivity contribution in [2.45, 2.75) is 24.3 Å². The summed E-state index contributed by atoms with van der Waals surface area (Å²) in [5.41, 5.74) is 0.586. The Morgan fingerprint density at radius 3 is 2.36 bits per heavy atom. The van der Waals surface area contributed by atoms with Gasteiger partial charge in [-0.2, -0.15) is 0 Å². The Morgan fingerprint density at radius 2 is 1.67 bits per heavy atom. The smallest absolute Gasteiger partial charge is 0.320 e. The van der Waals surface area contributed by atoms with E-state index in [1.807, 2.05) is 12.1 Å². The predicted molar refractivity (Wildman–Crippen MR) is 132 cm³/mol. The number of para-hydroxylation sites is 1. The molecule has 2 heterocycles. The highest BCUT2D eigenvalue weighted by Gasteiger charge is 2.41. The van der Waals surface area contributed by atoms with Crippen molar-refractivity contribution >= 4 is 38.6 Å². The van der Waals surface area contributed by atoms with Gasteiger partial charge >= 0.3 is 5.97 Å². The number of carbonyl (C=O) groups is 3. The van der Waals surface area contributed by atoms with Gasteiger partial charge in [0.25, 0.3) is 10.0 Å². The van der Waals surface area contributed by atoms with Crippen LogP contribution in [-0.2, 0) is 42.1 Å². The Hall–Kier alpha value is -3.98. The molecule has 0 fully saturated rings. The van der Waals surface area contributed by atoms with E-state index in [1.165, 1.54) is 35.4 Å². The molecule has 1 amide bonds. The van der Waals surface area contributed by atoms with E-state index in [2.05, 4.69) is 0 Å². The van der Waals surface area contributed by atoms with Gasteiger partial charge in [-0.15, -0.1) is 0 Å². The summed E-state index contributed by atoms with van der Waals surface area (Å²) < 4.78 is 33.7. The minimum atomic E-state index is -3.93. The maximum atomic E-state index is 13.7. The standard InChI is InChI=1S/C27H24N2O6S/c1-35-26(32)27(14-11-19(30)12-15-27)17-25(31)28-16-13-22-21-9-5-6-10-23(21)29(24(22)18-28)36(33,34)20-7-3-2-4-8-20/h2-12,14-15H,13,16-18H2,1H3. The summed E-state index contributed by atoms with van der Waals surface area (Å²) in [5.74, 6) is -1.27. The lowest BCUT2D eigenvalue weighted by atomic mass is 9.80. The monoisotopic (exact) mass is 504 g/mol. The van der Waals surface area contributed by atoms with Crippen LogP contribution in [0, 0.1) is 5.41 Å². The number of ketones is 1. The van der Waals surface area contributed by atoms with Crippen molar-refractivity contribution in [3.63, 3.8) is 0 Å². The molecule has 5 rings (SSSR count). The van der Waals surface area contributed by atoms with Crippen molar-refractivity contribution in [1.82, 2.24) is 8.87 Å². The van der Waals surface area contributed by atoms with E-state index in [0.29, 0.717) is 24.2 Å². The summed E-state index contributed by atoms with van der Waals surface area (Å²) in [6, 6.07) is 15.5. The minimum absolute atomic E-state index is 0.0680. The van der Waals surface area contributed by atoms with Crippen molar-refractivity contribution in [2.75, 3.05) is 13.7 Å². The number of hydrogen-bond acceptors (Lipinski definition) is 6. The summed E-state index contributed by atoms with van der Waals surface area (Å²) in [6.45, 7) is 0.438. The molecule has 3 aromatic rings.